The molecule has 0 bridgehead atoms. The molecule has 0 saturated heterocycles. The maximum Gasteiger partial charge on any atom is 0.227 e. The summed E-state index contributed by atoms with van der Waals surface area (Å²) < 4.78 is 6.07. The van der Waals surface area contributed by atoms with Crippen molar-refractivity contribution in [1.29, 1.82) is 0 Å². The Kier molecular flexibility index (Phi) is 7.55. The third kappa shape index (κ3) is 5.63. The van der Waals surface area contributed by atoms with Crippen LogP contribution in [0.25, 0.3) is 55.1 Å². The van der Waals surface area contributed by atoms with E-state index < -0.39 is 0 Å². The van der Waals surface area contributed by atoms with Crippen molar-refractivity contribution in [3.05, 3.63) is 175 Å². The van der Waals surface area contributed by atoms with Crippen LogP contribution in [0.15, 0.2) is 172 Å². The molecule has 0 aliphatic heterocycles. The van der Waals surface area contributed by atoms with Gasteiger partial charge < -0.3 is 10.2 Å². The smallest absolute Gasteiger partial charge is 0.227 e. The second-order valence-electron chi connectivity index (χ2n) is 11.9. The Morgan fingerprint density at radius 1 is 0.625 bits per heavy atom. The van der Waals surface area contributed by atoms with E-state index in [0.717, 1.165) is 54.9 Å². The number of amidine groups is 2. The zero-order valence-electron chi connectivity index (χ0n) is 26.4. The van der Waals surface area contributed by atoms with Gasteiger partial charge in [-0.25, -0.2) is 9.98 Å². The van der Waals surface area contributed by atoms with Crippen molar-refractivity contribution in [2.75, 3.05) is 0 Å². The summed E-state index contributed by atoms with van der Waals surface area (Å²) in [6, 6.07) is 51.5. The van der Waals surface area contributed by atoms with Crippen LogP contribution in [0.2, 0.25) is 0 Å². The number of rotatable bonds is 6. The highest BCUT2D eigenvalue weighted by Gasteiger charge is 2.15. The molecule has 0 aliphatic carbocycles. The molecule has 48 heavy (non-hydrogen) atoms. The van der Waals surface area contributed by atoms with Crippen LogP contribution in [-0.2, 0) is 0 Å². The summed E-state index contributed by atoms with van der Waals surface area (Å²) in [6.45, 7) is 2.09. The molecule has 8 aromatic rings. The number of furan rings is 1. The first-order valence-corrected chi connectivity index (χ1v) is 16.0. The number of aromatic nitrogens is 1. The van der Waals surface area contributed by atoms with Crippen molar-refractivity contribution in [3.8, 4) is 22.3 Å². The highest BCUT2D eigenvalue weighted by atomic mass is 16.3. The minimum absolute atomic E-state index is 0.205. The minimum Gasteiger partial charge on any atom is -0.438 e. The molecule has 5 heteroatoms. The number of nitrogens with zero attached hydrogens (tertiary/aromatic N) is 3. The van der Waals surface area contributed by atoms with Crippen molar-refractivity contribution in [2.24, 2.45) is 15.7 Å². The number of pyridine rings is 1. The molecule has 2 aromatic heterocycles. The Balaban J connectivity index is 1.17. The highest BCUT2D eigenvalue weighted by molar-refractivity contribution is 6.17. The minimum atomic E-state index is -0.205. The van der Waals surface area contributed by atoms with E-state index in [2.05, 4.69) is 109 Å². The van der Waals surface area contributed by atoms with E-state index >= 15 is 0 Å². The first-order valence-electron chi connectivity index (χ1n) is 16.0. The third-order valence-corrected chi connectivity index (χ3v) is 8.81. The normalized spacial score (nSPS) is 12.9. The van der Waals surface area contributed by atoms with Crippen LogP contribution < -0.4 is 5.73 Å². The van der Waals surface area contributed by atoms with Gasteiger partial charge in [0.1, 0.15) is 11.4 Å². The molecule has 1 unspecified atom stereocenters. The van der Waals surface area contributed by atoms with Crippen LogP contribution >= 0.6 is 0 Å². The fraction of sp³-hybridized carbons (Fsp3) is 0.0465. The van der Waals surface area contributed by atoms with Gasteiger partial charge in [-0.15, -0.1) is 0 Å². The van der Waals surface area contributed by atoms with Gasteiger partial charge >= 0.3 is 0 Å². The summed E-state index contributed by atoms with van der Waals surface area (Å²) in [5.41, 5.74) is 15.5. The van der Waals surface area contributed by atoms with Crippen molar-refractivity contribution in [2.45, 2.75) is 13.0 Å². The molecule has 0 fully saturated rings. The Morgan fingerprint density at radius 3 is 1.94 bits per heavy atom. The Bertz CT molecular complexity index is 2440. The monoisotopic (exact) mass is 620 g/mol. The molecule has 8 rings (SSSR count). The van der Waals surface area contributed by atoms with E-state index in [1.165, 1.54) is 11.1 Å². The summed E-state index contributed by atoms with van der Waals surface area (Å²) in [7, 11) is 0. The van der Waals surface area contributed by atoms with Gasteiger partial charge in [0.2, 0.25) is 5.71 Å². The van der Waals surface area contributed by atoms with Crippen LogP contribution in [0.1, 0.15) is 29.7 Å². The predicted molar refractivity (Wildman–Crippen MR) is 198 cm³/mol. The third-order valence-electron chi connectivity index (χ3n) is 8.81. The topological polar surface area (TPSA) is 76.8 Å². The first kappa shape index (κ1) is 29.1. The van der Waals surface area contributed by atoms with Gasteiger partial charge in [0.15, 0.2) is 5.84 Å². The van der Waals surface area contributed by atoms with Gasteiger partial charge in [0.25, 0.3) is 0 Å². The lowest BCUT2D eigenvalue weighted by Gasteiger charge is -2.12. The fourth-order valence-electron chi connectivity index (χ4n) is 6.19. The molecule has 0 aliphatic rings. The predicted octanol–water partition coefficient (Wildman–Crippen LogP) is 10.4. The molecule has 1 atom stereocenters. The number of benzene rings is 6. The molecule has 0 amide bonds. The van der Waals surface area contributed by atoms with Crippen LogP contribution in [0.3, 0.4) is 0 Å². The second-order valence-corrected chi connectivity index (χ2v) is 11.9. The van der Waals surface area contributed by atoms with Gasteiger partial charge in [-0.1, -0.05) is 140 Å². The summed E-state index contributed by atoms with van der Waals surface area (Å²) in [5, 5.41) is 4.20. The lowest BCUT2D eigenvalue weighted by Crippen LogP contribution is -2.16. The molecule has 0 spiro atoms. The Labute approximate surface area is 278 Å². The van der Waals surface area contributed by atoms with Crippen molar-refractivity contribution in [3.63, 3.8) is 0 Å². The summed E-state index contributed by atoms with van der Waals surface area (Å²) >= 11 is 0. The van der Waals surface area contributed by atoms with Gasteiger partial charge in [-0.3, -0.25) is 4.99 Å². The quantitative estimate of drug-likeness (QED) is 0.148. The summed E-state index contributed by atoms with van der Waals surface area (Å²) in [6.07, 6.45) is 1.87. The number of aliphatic imine (C=N–C) groups is 2. The number of hydrogen-bond donors (Lipinski definition) is 1. The largest absolute Gasteiger partial charge is 0.438 e. The van der Waals surface area contributed by atoms with Crippen molar-refractivity contribution >= 4 is 44.5 Å². The molecular weight excluding hydrogens is 589 g/mol. The Hall–Kier alpha value is -6.33. The lowest BCUT2D eigenvalue weighted by atomic mass is 9.99. The van der Waals surface area contributed by atoms with Crippen molar-refractivity contribution < 1.29 is 4.42 Å². The van der Waals surface area contributed by atoms with E-state index in [9.17, 15) is 0 Å². The second kappa shape index (κ2) is 12.5. The molecule has 6 aromatic carbocycles. The molecule has 0 saturated carbocycles. The average Bonchev–Trinajstić information content (AvgIpc) is 3.54. The van der Waals surface area contributed by atoms with Crippen LogP contribution in [-0.4, -0.2) is 16.7 Å². The average molecular weight is 621 g/mol. The van der Waals surface area contributed by atoms with Gasteiger partial charge in [-0.2, -0.15) is 0 Å². The number of nitrogens with two attached hydrogens (primary N) is 1. The molecular formula is C43H32N4O. The first-order chi connectivity index (χ1) is 23.6. The van der Waals surface area contributed by atoms with E-state index in [1.807, 2.05) is 60.8 Å². The number of hydrogen-bond acceptors (Lipinski definition) is 3. The van der Waals surface area contributed by atoms with Crippen molar-refractivity contribution in [1.82, 2.24) is 4.98 Å². The lowest BCUT2D eigenvalue weighted by molar-refractivity contribution is 0.654. The zero-order valence-corrected chi connectivity index (χ0v) is 26.4. The van der Waals surface area contributed by atoms with Crippen LogP contribution in [0.5, 0.6) is 0 Å². The van der Waals surface area contributed by atoms with Crippen LogP contribution in [0, 0.1) is 0 Å². The molecule has 2 heterocycles. The number of fused-ring (bicyclic) bond motifs is 5. The Morgan fingerprint density at radius 2 is 1.23 bits per heavy atom. The maximum absolute atomic E-state index is 6.56. The van der Waals surface area contributed by atoms with E-state index in [-0.39, 0.29) is 6.04 Å². The summed E-state index contributed by atoms with van der Waals surface area (Å²) in [4.78, 5) is 14.7. The van der Waals surface area contributed by atoms with Gasteiger partial charge in [-0.05, 0) is 52.3 Å². The van der Waals surface area contributed by atoms with E-state index in [1.54, 1.807) is 0 Å². The number of para-hydroxylation sites is 1. The van der Waals surface area contributed by atoms with Gasteiger partial charge in [0.05, 0.1) is 11.4 Å². The van der Waals surface area contributed by atoms with Gasteiger partial charge in [0, 0.05) is 28.1 Å². The highest BCUT2D eigenvalue weighted by Crippen LogP contribution is 2.35. The fourth-order valence-corrected chi connectivity index (χ4v) is 6.19. The SMILES string of the molecule is CC(/N=C(\N=C(/N)c1ccccc1)c1ccc(-c2ccc(-c3ccccc3)cc2)cc1)c1ccc2cnc3oc4ccccc4c3c2c1. The molecule has 5 nitrogen and oxygen atoms in total. The zero-order chi connectivity index (χ0) is 32.5. The standard InChI is InChI=1S/C43H32N4O/c1-28(35-24-25-36-27-45-43-40(38(36)26-35)37-14-8-9-15-39(37)48-43)46-42(47-41(44)33-12-6-3-7-13-33)34-22-20-32(21-23-34)31-18-16-30(17-19-31)29-10-4-2-5-11-29/h2-28H,1H3,(H2,44,46,47). The van der Waals surface area contributed by atoms with E-state index in [0.29, 0.717) is 17.4 Å². The molecule has 230 valence electrons. The maximum atomic E-state index is 6.56. The molecule has 2 N–H and O–H groups in total. The van der Waals surface area contributed by atoms with E-state index in [4.69, 9.17) is 20.1 Å². The molecule has 0 radical (unpaired) electrons. The van der Waals surface area contributed by atoms with Crippen LogP contribution in [0.4, 0.5) is 0 Å². The summed E-state index contributed by atoms with van der Waals surface area (Å²) in [5.74, 6) is 0.988.